The third-order valence-electron chi connectivity index (χ3n) is 4.49. The van der Waals surface area contributed by atoms with Crippen molar-refractivity contribution >= 4 is 17.5 Å². The van der Waals surface area contributed by atoms with Gasteiger partial charge >= 0.3 is 0 Å². The lowest BCUT2D eigenvalue weighted by Gasteiger charge is -2.36. The third-order valence-corrected chi connectivity index (χ3v) is 4.72. The largest absolute Gasteiger partial charge is 0.339 e. The van der Waals surface area contributed by atoms with Crippen LogP contribution in [0.5, 0.6) is 0 Å². The van der Waals surface area contributed by atoms with Crippen molar-refractivity contribution in [1.82, 2.24) is 20.4 Å². The number of rotatable bonds is 4. The number of carbonyl (C=O) groups excluding carboxylic acids is 1. The number of aryl methyl sites for hydroxylation is 1. The van der Waals surface area contributed by atoms with Crippen molar-refractivity contribution in [3.8, 4) is 0 Å². The van der Waals surface area contributed by atoms with Crippen LogP contribution in [0.15, 0.2) is 28.8 Å². The van der Waals surface area contributed by atoms with Crippen LogP contribution in [-0.2, 0) is 16.6 Å². The quantitative estimate of drug-likeness (QED) is 0.887. The van der Waals surface area contributed by atoms with Crippen LogP contribution in [0.3, 0.4) is 0 Å². The van der Waals surface area contributed by atoms with Gasteiger partial charge in [-0.25, -0.2) is 0 Å². The van der Waals surface area contributed by atoms with Gasteiger partial charge in [0, 0.05) is 42.9 Å². The molecule has 1 amide bonds. The number of nitrogens with one attached hydrogen (secondary N) is 1. The number of hydrogen-bond donors (Lipinski definition) is 1. The fourth-order valence-electron chi connectivity index (χ4n) is 3.03. The van der Waals surface area contributed by atoms with Crippen molar-refractivity contribution < 1.29 is 9.32 Å². The molecule has 1 unspecified atom stereocenters. The summed E-state index contributed by atoms with van der Waals surface area (Å²) >= 11 is 6.12. The molecule has 140 valence electrons. The zero-order valence-electron chi connectivity index (χ0n) is 15.5. The predicted octanol–water partition coefficient (Wildman–Crippen LogP) is 3.13. The number of nitrogens with zero attached hydrogens (tertiary/aromatic N) is 3. The van der Waals surface area contributed by atoms with Crippen LogP contribution in [0.2, 0.25) is 5.02 Å². The van der Waals surface area contributed by atoms with Crippen LogP contribution in [0.4, 0.5) is 0 Å². The van der Waals surface area contributed by atoms with Crippen molar-refractivity contribution in [3.63, 3.8) is 0 Å². The Morgan fingerprint density at radius 2 is 2.23 bits per heavy atom. The summed E-state index contributed by atoms with van der Waals surface area (Å²) in [6.45, 7) is 8.28. The van der Waals surface area contributed by atoms with E-state index in [9.17, 15) is 4.79 Å². The Kier molecular flexibility index (Phi) is 5.63. The number of aromatic nitrogens is 2. The lowest BCUT2D eigenvalue weighted by atomic mass is 9.96. The first kappa shape index (κ1) is 18.9. The summed E-state index contributed by atoms with van der Waals surface area (Å²) < 4.78 is 5.29. The van der Waals surface area contributed by atoms with Gasteiger partial charge in [-0.2, -0.15) is 4.98 Å². The first-order valence-electron chi connectivity index (χ1n) is 8.93. The van der Waals surface area contributed by atoms with Gasteiger partial charge < -0.3 is 14.7 Å². The second-order valence-electron chi connectivity index (χ2n) is 7.62. The maximum atomic E-state index is 12.8. The van der Waals surface area contributed by atoms with E-state index < -0.39 is 0 Å². The van der Waals surface area contributed by atoms with Crippen molar-refractivity contribution in [3.05, 3.63) is 46.6 Å². The second kappa shape index (κ2) is 7.76. The first-order chi connectivity index (χ1) is 12.3. The molecule has 1 aliphatic heterocycles. The monoisotopic (exact) mass is 376 g/mol. The molecule has 1 fully saturated rings. The molecule has 2 heterocycles. The summed E-state index contributed by atoms with van der Waals surface area (Å²) in [6.07, 6.45) is 0.803. The molecule has 1 saturated heterocycles. The summed E-state index contributed by atoms with van der Waals surface area (Å²) in [5.41, 5.74) is 0.882. The summed E-state index contributed by atoms with van der Waals surface area (Å²) in [6, 6.07) is 7.68. The van der Waals surface area contributed by atoms with Gasteiger partial charge in [-0.1, -0.05) is 49.7 Å². The van der Waals surface area contributed by atoms with Crippen molar-refractivity contribution in [2.45, 2.75) is 45.1 Å². The normalized spacial score (nSPS) is 18.2. The Balaban J connectivity index is 1.66. The van der Waals surface area contributed by atoms with Crippen molar-refractivity contribution in [1.29, 1.82) is 0 Å². The van der Waals surface area contributed by atoms with E-state index in [0.29, 0.717) is 36.1 Å². The van der Waals surface area contributed by atoms with E-state index in [1.807, 2.05) is 49.9 Å². The van der Waals surface area contributed by atoms with E-state index in [0.717, 1.165) is 18.7 Å². The SMILES string of the molecule is CC(C)(C)c1noc(CCC(=O)N2CCNCC2c2cccc(Cl)c2)n1. The maximum absolute atomic E-state index is 12.8. The van der Waals surface area contributed by atoms with Crippen LogP contribution in [-0.4, -0.2) is 40.6 Å². The lowest BCUT2D eigenvalue weighted by molar-refractivity contribution is -0.134. The molecule has 1 N–H and O–H groups in total. The molecule has 6 nitrogen and oxygen atoms in total. The van der Waals surface area contributed by atoms with E-state index in [1.54, 1.807) is 0 Å². The topological polar surface area (TPSA) is 71.3 Å². The van der Waals surface area contributed by atoms with Gasteiger partial charge in [0.05, 0.1) is 6.04 Å². The minimum Gasteiger partial charge on any atom is -0.339 e. The first-order valence-corrected chi connectivity index (χ1v) is 9.31. The van der Waals surface area contributed by atoms with Gasteiger partial charge in [-0.15, -0.1) is 0 Å². The molecular weight excluding hydrogens is 352 g/mol. The Labute approximate surface area is 158 Å². The number of benzene rings is 1. The molecule has 2 aromatic rings. The van der Waals surface area contributed by atoms with Crippen LogP contribution in [0.1, 0.15) is 50.5 Å². The fraction of sp³-hybridized carbons (Fsp3) is 0.526. The molecule has 7 heteroatoms. The van der Waals surface area contributed by atoms with E-state index in [-0.39, 0.29) is 17.4 Å². The van der Waals surface area contributed by atoms with Gasteiger partial charge in [-0.05, 0) is 17.7 Å². The Hall–Kier alpha value is -1.92. The highest BCUT2D eigenvalue weighted by atomic mass is 35.5. The van der Waals surface area contributed by atoms with E-state index in [4.69, 9.17) is 16.1 Å². The van der Waals surface area contributed by atoms with Crippen LogP contribution >= 0.6 is 11.6 Å². The molecule has 1 atom stereocenters. The summed E-state index contributed by atoms with van der Waals surface area (Å²) in [4.78, 5) is 19.1. The van der Waals surface area contributed by atoms with Gasteiger partial charge in [-0.3, -0.25) is 4.79 Å². The number of amides is 1. The van der Waals surface area contributed by atoms with E-state index in [1.165, 1.54) is 0 Å². The molecular formula is C19H25ClN4O2. The highest BCUT2D eigenvalue weighted by molar-refractivity contribution is 6.30. The Morgan fingerprint density at radius 3 is 2.92 bits per heavy atom. The lowest BCUT2D eigenvalue weighted by Crippen LogP contribution is -2.48. The molecule has 1 aromatic heterocycles. The molecule has 0 saturated carbocycles. The maximum Gasteiger partial charge on any atom is 0.227 e. The number of hydrogen-bond acceptors (Lipinski definition) is 5. The van der Waals surface area contributed by atoms with Gasteiger partial charge in [0.25, 0.3) is 0 Å². The molecule has 1 aromatic carbocycles. The molecule has 0 spiro atoms. The van der Waals surface area contributed by atoms with E-state index >= 15 is 0 Å². The van der Waals surface area contributed by atoms with Crippen LogP contribution in [0.25, 0.3) is 0 Å². The average molecular weight is 377 g/mol. The van der Waals surface area contributed by atoms with Gasteiger partial charge in [0.2, 0.25) is 11.8 Å². The van der Waals surface area contributed by atoms with Crippen molar-refractivity contribution in [2.75, 3.05) is 19.6 Å². The molecule has 1 aliphatic rings. The molecule has 0 radical (unpaired) electrons. The Bertz CT molecular complexity index is 769. The van der Waals surface area contributed by atoms with Crippen LogP contribution in [0, 0.1) is 0 Å². The number of carbonyl (C=O) groups is 1. The summed E-state index contributed by atoms with van der Waals surface area (Å²) in [5, 5.41) is 8.05. The average Bonchev–Trinajstić information content (AvgIpc) is 3.09. The molecule has 0 bridgehead atoms. The molecule has 3 rings (SSSR count). The number of halogens is 1. The molecule has 0 aliphatic carbocycles. The zero-order chi connectivity index (χ0) is 18.7. The van der Waals surface area contributed by atoms with Gasteiger partial charge in [0.15, 0.2) is 5.82 Å². The third kappa shape index (κ3) is 4.43. The highest BCUT2D eigenvalue weighted by Crippen LogP contribution is 2.26. The highest BCUT2D eigenvalue weighted by Gasteiger charge is 2.28. The Morgan fingerprint density at radius 1 is 1.42 bits per heavy atom. The van der Waals surface area contributed by atoms with Crippen molar-refractivity contribution in [2.24, 2.45) is 0 Å². The van der Waals surface area contributed by atoms with Crippen LogP contribution < -0.4 is 5.32 Å². The predicted molar refractivity (Wildman–Crippen MR) is 100 cm³/mol. The van der Waals surface area contributed by atoms with E-state index in [2.05, 4.69) is 15.5 Å². The summed E-state index contributed by atoms with van der Waals surface area (Å²) in [7, 11) is 0. The zero-order valence-corrected chi connectivity index (χ0v) is 16.2. The minimum atomic E-state index is -0.165. The van der Waals surface area contributed by atoms with Gasteiger partial charge in [0.1, 0.15) is 0 Å². The minimum absolute atomic E-state index is 0.0113. The summed E-state index contributed by atoms with van der Waals surface area (Å²) in [5.74, 6) is 1.27. The molecule has 26 heavy (non-hydrogen) atoms. The fourth-order valence-corrected chi connectivity index (χ4v) is 3.23. The number of piperazine rings is 1. The smallest absolute Gasteiger partial charge is 0.227 e. The second-order valence-corrected chi connectivity index (χ2v) is 8.06. The standard InChI is InChI=1S/C19H25ClN4O2/c1-19(2,3)18-22-16(26-23-18)7-8-17(25)24-10-9-21-12-15(24)13-5-4-6-14(20)11-13/h4-6,11,15,21H,7-10,12H2,1-3H3.